The molecular formula is C36H40FN3O5S. The van der Waals surface area contributed by atoms with E-state index in [2.05, 4.69) is 5.32 Å². The number of hydrogen-bond donors (Lipinski definition) is 1. The average Bonchev–Trinajstić information content (AvgIpc) is 3.05. The van der Waals surface area contributed by atoms with E-state index in [1.54, 1.807) is 67.6 Å². The molecule has 242 valence electrons. The molecule has 2 amide bonds. The summed E-state index contributed by atoms with van der Waals surface area (Å²) >= 11 is 0. The molecule has 4 aromatic carbocycles. The van der Waals surface area contributed by atoms with Crippen LogP contribution in [0.15, 0.2) is 108 Å². The van der Waals surface area contributed by atoms with Crippen molar-refractivity contribution in [2.75, 3.05) is 10.8 Å². The molecule has 2 atom stereocenters. The van der Waals surface area contributed by atoms with Crippen molar-refractivity contribution in [3.8, 4) is 11.5 Å². The molecule has 0 aliphatic carbocycles. The summed E-state index contributed by atoms with van der Waals surface area (Å²) in [5, 5.41) is 2.94. The summed E-state index contributed by atoms with van der Waals surface area (Å²) in [5.74, 6) is -0.261. The van der Waals surface area contributed by atoms with E-state index in [0.717, 1.165) is 9.87 Å². The van der Waals surface area contributed by atoms with Crippen LogP contribution >= 0.6 is 0 Å². The van der Waals surface area contributed by atoms with Crippen LogP contribution in [0.3, 0.4) is 0 Å². The smallest absolute Gasteiger partial charge is 0.264 e. The second kappa shape index (κ2) is 15.5. The summed E-state index contributed by atoms with van der Waals surface area (Å²) in [6, 6.07) is 26.6. The van der Waals surface area contributed by atoms with Gasteiger partial charge in [0.1, 0.15) is 29.9 Å². The monoisotopic (exact) mass is 645 g/mol. The first-order chi connectivity index (χ1) is 22.0. The molecule has 0 saturated heterocycles. The minimum atomic E-state index is -4.23. The normalized spacial score (nSPS) is 12.5. The third-order valence-corrected chi connectivity index (χ3v) is 9.43. The van der Waals surface area contributed by atoms with Crippen molar-refractivity contribution < 1.29 is 27.1 Å². The number of rotatable bonds is 14. The van der Waals surface area contributed by atoms with Crippen molar-refractivity contribution in [1.29, 1.82) is 0 Å². The molecule has 1 N–H and O–H groups in total. The maximum absolute atomic E-state index is 14.2. The largest absolute Gasteiger partial charge is 0.457 e. The number of amides is 2. The van der Waals surface area contributed by atoms with E-state index >= 15 is 0 Å². The summed E-state index contributed by atoms with van der Waals surface area (Å²) in [7, 11) is -4.23. The lowest BCUT2D eigenvalue weighted by molar-refractivity contribution is -0.140. The van der Waals surface area contributed by atoms with Gasteiger partial charge in [-0.3, -0.25) is 13.9 Å². The fraction of sp³-hybridized carbons (Fsp3) is 0.278. The molecule has 0 spiro atoms. The van der Waals surface area contributed by atoms with Gasteiger partial charge < -0.3 is 15.0 Å². The minimum absolute atomic E-state index is 0.0159. The van der Waals surface area contributed by atoms with Crippen LogP contribution in [0, 0.1) is 12.7 Å². The second-order valence-electron chi connectivity index (χ2n) is 11.1. The molecule has 0 bridgehead atoms. The van der Waals surface area contributed by atoms with Gasteiger partial charge in [0.15, 0.2) is 0 Å². The molecule has 4 aromatic rings. The lowest BCUT2D eigenvalue weighted by Crippen LogP contribution is -2.53. The molecule has 46 heavy (non-hydrogen) atoms. The molecule has 0 unspecified atom stereocenters. The quantitative estimate of drug-likeness (QED) is 0.162. The molecule has 10 heteroatoms. The molecule has 0 aliphatic rings. The van der Waals surface area contributed by atoms with Crippen LogP contribution in [-0.4, -0.2) is 43.8 Å². The van der Waals surface area contributed by atoms with Crippen LogP contribution in [0.2, 0.25) is 0 Å². The number of sulfonamides is 1. The third-order valence-electron chi connectivity index (χ3n) is 7.64. The highest BCUT2D eigenvalue weighted by atomic mass is 32.2. The Hall–Kier alpha value is -4.70. The maximum Gasteiger partial charge on any atom is 0.264 e. The summed E-state index contributed by atoms with van der Waals surface area (Å²) in [6.07, 6.45) is 0.978. The number of ether oxygens (including phenoxy) is 1. The highest BCUT2D eigenvalue weighted by Crippen LogP contribution is 2.29. The van der Waals surface area contributed by atoms with Gasteiger partial charge in [0.2, 0.25) is 11.8 Å². The van der Waals surface area contributed by atoms with E-state index in [1.807, 2.05) is 39.0 Å². The number of benzene rings is 4. The Morgan fingerprint density at radius 3 is 2.02 bits per heavy atom. The first-order valence-corrected chi connectivity index (χ1v) is 16.7. The molecule has 0 aromatic heterocycles. The first kappa shape index (κ1) is 34.2. The number of para-hydroxylation sites is 1. The average molecular weight is 646 g/mol. The number of carbonyl (C=O) groups excluding carboxylic acids is 2. The van der Waals surface area contributed by atoms with Gasteiger partial charge in [-0.15, -0.1) is 0 Å². The van der Waals surface area contributed by atoms with E-state index in [1.165, 1.54) is 29.2 Å². The van der Waals surface area contributed by atoms with E-state index in [4.69, 9.17) is 4.74 Å². The fourth-order valence-electron chi connectivity index (χ4n) is 4.82. The van der Waals surface area contributed by atoms with Crippen LogP contribution in [0.25, 0.3) is 0 Å². The Kier molecular flexibility index (Phi) is 11.5. The van der Waals surface area contributed by atoms with E-state index in [0.29, 0.717) is 23.5 Å². The van der Waals surface area contributed by atoms with E-state index in [-0.39, 0.29) is 35.5 Å². The number of anilines is 1. The van der Waals surface area contributed by atoms with Crippen molar-refractivity contribution in [2.24, 2.45) is 0 Å². The summed E-state index contributed by atoms with van der Waals surface area (Å²) in [6.45, 7) is 6.86. The molecule has 0 radical (unpaired) electrons. The van der Waals surface area contributed by atoms with E-state index < -0.39 is 34.3 Å². The van der Waals surface area contributed by atoms with Crippen molar-refractivity contribution in [2.45, 2.75) is 64.1 Å². The molecule has 0 heterocycles. The van der Waals surface area contributed by atoms with Gasteiger partial charge in [-0.1, -0.05) is 61.9 Å². The summed E-state index contributed by atoms with van der Waals surface area (Å²) in [4.78, 5) is 29.0. The highest BCUT2D eigenvalue weighted by molar-refractivity contribution is 7.92. The predicted molar refractivity (Wildman–Crippen MR) is 178 cm³/mol. The zero-order valence-electron chi connectivity index (χ0n) is 26.5. The Morgan fingerprint density at radius 2 is 1.43 bits per heavy atom. The van der Waals surface area contributed by atoms with Gasteiger partial charge in [-0.2, -0.15) is 0 Å². The zero-order chi connectivity index (χ0) is 33.3. The molecule has 0 fully saturated rings. The Morgan fingerprint density at radius 1 is 0.826 bits per heavy atom. The number of hydrogen-bond acceptors (Lipinski definition) is 5. The highest BCUT2D eigenvalue weighted by Gasteiger charge is 2.34. The van der Waals surface area contributed by atoms with Gasteiger partial charge in [0.25, 0.3) is 10.0 Å². The van der Waals surface area contributed by atoms with Gasteiger partial charge >= 0.3 is 0 Å². The van der Waals surface area contributed by atoms with Crippen molar-refractivity contribution in [3.63, 3.8) is 0 Å². The number of carbonyl (C=O) groups is 2. The lowest BCUT2D eigenvalue weighted by atomic mass is 10.1. The second-order valence-corrected chi connectivity index (χ2v) is 13.0. The Bertz CT molecular complexity index is 1700. The number of halogens is 1. The number of aryl methyl sites for hydroxylation is 1. The molecule has 0 aliphatic heterocycles. The Labute approximate surface area is 270 Å². The van der Waals surface area contributed by atoms with Crippen molar-refractivity contribution in [3.05, 3.63) is 120 Å². The van der Waals surface area contributed by atoms with Gasteiger partial charge in [0, 0.05) is 12.6 Å². The number of nitrogens with zero attached hydrogens (tertiary/aromatic N) is 2. The molecule has 0 saturated carbocycles. The summed E-state index contributed by atoms with van der Waals surface area (Å²) < 4.78 is 48.9. The zero-order valence-corrected chi connectivity index (χ0v) is 27.3. The lowest BCUT2D eigenvalue weighted by Gasteiger charge is -2.33. The number of nitrogens with one attached hydrogen (secondary N) is 1. The maximum atomic E-state index is 14.2. The SMILES string of the molecule is CC[C@H](C(=O)N[C@@H](C)CC)N(Cc1ccc(F)cc1)C(=O)CN(c1ccc(Oc2ccccc2)cc1)S(=O)(=O)c1ccc(C)cc1. The molecule has 8 nitrogen and oxygen atoms in total. The van der Waals surface area contributed by atoms with Gasteiger partial charge in [-0.25, -0.2) is 12.8 Å². The minimum Gasteiger partial charge on any atom is -0.457 e. The topological polar surface area (TPSA) is 96.0 Å². The third kappa shape index (κ3) is 8.72. The van der Waals surface area contributed by atoms with Gasteiger partial charge in [-0.05, 0) is 92.9 Å². The van der Waals surface area contributed by atoms with Crippen LogP contribution in [0.4, 0.5) is 10.1 Å². The van der Waals surface area contributed by atoms with E-state index in [9.17, 15) is 22.4 Å². The summed E-state index contributed by atoms with van der Waals surface area (Å²) in [5.41, 5.74) is 1.72. The van der Waals surface area contributed by atoms with Crippen LogP contribution in [-0.2, 0) is 26.2 Å². The standard InChI is InChI=1S/C36H40FN3O5S/c1-5-27(4)38-36(42)34(6-2)39(24-28-14-16-29(37)17-15-28)35(41)25-40(46(43,44)33-22-12-26(3)13-23-33)30-18-20-32(21-19-30)45-31-10-8-7-9-11-31/h7-23,27,34H,5-6,24-25H2,1-4H3,(H,38,42)/t27-,34+/m0/s1. The van der Waals surface area contributed by atoms with Crippen LogP contribution in [0.5, 0.6) is 11.5 Å². The van der Waals surface area contributed by atoms with Gasteiger partial charge in [0.05, 0.1) is 10.6 Å². The molecular weight excluding hydrogens is 605 g/mol. The fourth-order valence-corrected chi connectivity index (χ4v) is 6.23. The molecule has 4 rings (SSSR count). The van der Waals surface area contributed by atoms with Crippen LogP contribution < -0.4 is 14.4 Å². The first-order valence-electron chi connectivity index (χ1n) is 15.3. The Balaban J connectivity index is 1.72. The predicted octanol–water partition coefficient (Wildman–Crippen LogP) is 6.84. The van der Waals surface area contributed by atoms with Crippen molar-refractivity contribution >= 4 is 27.5 Å². The van der Waals surface area contributed by atoms with Crippen molar-refractivity contribution in [1.82, 2.24) is 10.2 Å². The van der Waals surface area contributed by atoms with Crippen LogP contribution in [0.1, 0.15) is 44.7 Å².